The first kappa shape index (κ1) is 18.4. The fourth-order valence-electron chi connectivity index (χ4n) is 2.86. The molecule has 8 heteroatoms. The number of rotatable bonds is 7. The average Bonchev–Trinajstić information content (AvgIpc) is 2.88. The zero-order valence-electron chi connectivity index (χ0n) is 14.5. The van der Waals surface area contributed by atoms with Crippen molar-refractivity contribution in [1.82, 2.24) is 19.8 Å². The second-order valence-corrected chi connectivity index (χ2v) is 8.89. The van der Waals surface area contributed by atoms with Gasteiger partial charge in [0.2, 0.25) is 15.9 Å². The topological polar surface area (TPSA) is 88.3 Å². The SMILES string of the molecule is CC1CCN(CCCc2noc(C(C)(C)NS(C)(=O)=O)n2)CC1. The van der Waals surface area contributed by atoms with E-state index in [1.165, 1.54) is 25.9 Å². The van der Waals surface area contributed by atoms with Crippen molar-refractivity contribution in [1.29, 1.82) is 0 Å². The summed E-state index contributed by atoms with van der Waals surface area (Å²) < 4.78 is 30.5. The molecule has 1 N–H and O–H groups in total. The van der Waals surface area contributed by atoms with Gasteiger partial charge in [0.25, 0.3) is 0 Å². The molecule has 23 heavy (non-hydrogen) atoms. The van der Waals surface area contributed by atoms with Crippen molar-refractivity contribution >= 4 is 10.0 Å². The van der Waals surface area contributed by atoms with E-state index in [4.69, 9.17) is 4.52 Å². The highest BCUT2D eigenvalue weighted by atomic mass is 32.2. The second kappa shape index (κ2) is 7.27. The molecule has 1 aliphatic heterocycles. The van der Waals surface area contributed by atoms with Gasteiger partial charge in [-0.2, -0.15) is 4.98 Å². The van der Waals surface area contributed by atoms with Crippen LogP contribution in [0, 0.1) is 5.92 Å². The monoisotopic (exact) mass is 344 g/mol. The highest BCUT2D eigenvalue weighted by molar-refractivity contribution is 7.88. The normalized spacial score (nSPS) is 18.4. The summed E-state index contributed by atoms with van der Waals surface area (Å²) in [5, 5.41) is 3.97. The molecule has 1 aromatic heterocycles. The smallest absolute Gasteiger partial charge is 0.247 e. The van der Waals surface area contributed by atoms with Gasteiger partial charge in [-0.25, -0.2) is 13.1 Å². The van der Waals surface area contributed by atoms with Crippen LogP contribution in [0.1, 0.15) is 51.7 Å². The Bertz CT molecular complexity index is 604. The summed E-state index contributed by atoms with van der Waals surface area (Å²) in [6.07, 6.45) is 5.39. The van der Waals surface area contributed by atoms with Gasteiger partial charge in [0, 0.05) is 6.42 Å². The lowest BCUT2D eigenvalue weighted by Gasteiger charge is -2.29. The van der Waals surface area contributed by atoms with Crippen LogP contribution in [0.3, 0.4) is 0 Å². The van der Waals surface area contributed by atoms with Crippen LogP contribution in [0.4, 0.5) is 0 Å². The minimum atomic E-state index is -3.34. The molecule has 0 aromatic carbocycles. The van der Waals surface area contributed by atoms with Crippen LogP contribution in [-0.4, -0.2) is 49.3 Å². The Morgan fingerprint density at radius 2 is 2.00 bits per heavy atom. The molecule has 0 radical (unpaired) electrons. The number of piperidine rings is 1. The van der Waals surface area contributed by atoms with Gasteiger partial charge >= 0.3 is 0 Å². The predicted molar refractivity (Wildman–Crippen MR) is 88.5 cm³/mol. The van der Waals surface area contributed by atoms with Crippen LogP contribution >= 0.6 is 0 Å². The molecule has 0 aliphatic carbocycles. The number of nitrogens with one attached hydrogen (secondary N) is 1. The molecule has 1 fully saturated rings. The van der Waals surface area contributed by atoms with Crippen LogP contribution in [-0.2, 0) is 22.0 Å². The maximum atomic E-state index is 11.4. The van der Waals surface area contributed by atoms with E-state index in [9.17, 15) is 8.42 Å². The number of likely N-dealkylation sites (tertiary alicyclic amines) is 1. The number of sulfonamides is 1. The molecule has 2 heterocycles. The van der Waals surface area contributed by atoms with Crippen LogP contribution in [0.25, 0.3) is 0 Å². The first-order valence-electron chi connectivity index (χ1n) is 8.20. The van der Waals surface area contributed by atoms with Gasteiger partial charge < -0.3 is 9.42 Å². The molecule has 132 valence electrons. The second-order valence-electron chi connectivity index (χ2n) is 7.14. The van der Waals surface area contributed by atoms with Gasteiger partial charge in [0.05, 0.1) is 6.26 Å². The van der Waals surface area contributed by atoms with Gasteiger partial charge in [-0.1, -0.05) is 12.1 Å². The third kappa shape index (κ3) is 5.86. The number of aromatic nitrogens is 2. The summed E-state index contributed by atoms with van der Waals surface area (Å²) in [4.78, 5) is 6.82. The van der Waals surface area contributed by atoms with E-state index < -0.39 is 15.6 Å². The minimum Gasteiger partial charge on any atom is -0.337 e. The Kier molecular flexibility index (Phi) is 5.80. The maximum Gasteiger partial charge on any atom is 0.247 e. The predicted octanol–water partition coefficient (Wildman–Crippen LogP) is 1.52. The van der Waals surface area contributed by atoms with Crippen molar-refractivity contribution in [3.8, 4) is 0 Å². The maximum absolute atomic E-state index is 11.4. The van der Waals surface area contributed by atoms with E-state index in [1.807, 2.05) is 0 Å². The van der Waals surface area contributed by atoms with E-state index in [-0.39, 0.29) is 0 Å². The zero-order valence-corrected chi connectivity index (χ0v) is 15.3. The van der Waals surface area contributed by atoms with Gasteiger partial charge in [0.15, 0.2) is 5.82 Å². The zero-order chi connectivity index (χ0) is 17.1. The van der Waals surface area contributed by atoms with Crippen LogP contribution < -0.4 is 4.72 Å². The lowest BCUT2D eigenvalue weighted by Crippen LogP contribution is -2.40. The summed E-state index contributed by atoms with van der Waals surface area (Å²) in [6, 6.07) is 0. The number of hydrogen-bond acceptors (Lipinski definition) is 6. The van der Waals surface area contributed by atoms with E-state index in [0.717, 1.165) is 31.6 Å². The van der Waals surface area contributed by atoms with E-state index in [2.05, 4.69) is 26.7 Å². The quantitative estimate of drug-likeness (QED) is 0.807. The number of aryl methyl sites for hydroxylation is 1. The summed E-state index contributed by atoms with van der Waals surface area (Å²) in [5.74, 6) is 1.77. The average molecular weight is 344 g/mol. The van der Waals surface area contributed by atoms with E-state index >= 15 is 0 Å². The molecule has 1 aliphatic rings. The molecule has 0 unspecified atom stereocenters. The molecular weight excluding hydrogens is 316 g/mol. The Labute approximate surface area is 138 Å². The molecular formula is C15H28N4O3S. The van der Waals surface area contributed by atoms with Gasteiger partial charge in [-0.05, 0) is 58.7 Å². The van der Waals surface area contributed by atoms with Crippen molar-refractivity contribution < 1.29 is 12.9 Å². The third-order valence-electron chi connectivity index (χ3n) is 4.19. The van der Waals surface area contributed by atoms with Gasteiger partial charge in [-0.15, -0.1) is 0 Å². The first-order valence-corrected chi connectivity index (χ1v) is 10.1. The number of nitrogens with zero attached hydrogens (tertiary/aromatic N) is 3. The third-order valence-corrected chi connectivity index (χ3v) is 5.08. The van der Waals surface area contributed by atoms with Crippen molar-refractivity contribution in [3.05, 3.63) is 11.7 Å². The lowest BCUT2D eigenvalue weighted by molar-refractivity contribution is 0.190. The summed E-state index contributed by atoms with van der Waals surface area (Å²) in [5.41, 5.74) is -0.901. The first-order chi connectivity index (χ1) is 10.7. The molecule has 0 atom stereocenters. The Balaban J connectivity index is 1.83. The minimum absolute atomic E-state index is 0.296. The highest BCUT2D eigenvalue weighted by Gasteiger charge is 2.30. The molecule has 0 saturated carbocycles. The summed E-state index contributed by atoms with van der Waals surface area (Å²) >= 11 is 0. The standard InChI is InChI=1S/C15H28N4O3S/c1-12-7-10-19(11-8-12)9-5-6-13-16-14(22-17-13)15(2,3)18-23(4,20)21/h12,18H,5-11H2,1-4H3. The molecule has 2 rings (SSSR count). The van der Waals surface area contributed by atoms with Gasteiger partial charge in [0.1, 0.15) is 5.54 Å². The van der Waals surface area contributed by atoms with E-state index in [0.29, 0.717) is 11.7 Å². The van der Waals surface area contributed by atoms with Crippen LogP contribution in [0.2, 0.25) is 0 Å². The Morgan fingerprint density at radius 3 is 2.61 bits per heavy atom. The Morgan fingerprint density at radius 1 is 1.35 bits per heavy atom. The largest absolute Gasteiger partial charge is 0.337 e. The van der Waals surface area contributed by atoms with E-state index in [1.54, 1.807) is 13.8 Å². The van der Waals surface area contributed by atoms with Crippen molar-refractivity contribution in [2.24, 2.45) is 5.92 Å². The van der Waals surface area contributed by atoms with Crippen molar-refractivity contribution in [2.75, 3.05) is 25.9 Å². The van der Waals surface area contributed by atoms with Crippen LogP contribution in [0.15, 0.2) is 4.52 Å². The summed E-state index contributed by atoms with van der Waals surface area (Å²) in [6.45, 7) is 9.11. The molecule has 1 saturated heterocycles. The van der Waals surface area contributed by atoms with Crippen molar-refractivity contribution in [3.63, 3.8) is 0 Å². The van der Waals surface area contributed by atoms with Gasteiger partial charge in [-0.3, -0.25) is 0 Å². The summed E-state index contributed by atoms with van der Waals surface area (Å²) in [7, 11) is -3.34. The highest BCUT2D eigenvalue weighted by Crippen LogP contribution is 2.20. The molecule has 0 spiro atoms. The molecule has 0 bridgehead atoms. The Hall–Kier alpha value is -0.990. The number of hydrogen-bond donors (Lipinski definition) is 1. The molecule has 1 aromatic rings. The fraction of sp³-hybridized carbons (Fsp3) is 0.867. The van der Waals surface area contributed by atoms with Crippen LogP contribution in [0.5, 0.6) is 0 Å². The molecule has 0 amide bonds. The lowest BCUT2D eigenvalue weighted by atomic mass is 9.99. The fourth-order valence-corrected chi connectivity index (χ4v) is 3.88. The molecule has 7 nitrogen and oxygen atoms in total. The van der Waals surface area contributed by atoms with Crippen molar-refractivity contribution in [2.45, 2.75) is 52.0 Å².